The molecule has 11 rings (SSSR count). The third kappa shape index (κ3) is 4.04. The quantitative estimate of drug-likeness (QED) is 0.134. The Morgan fingerprint density at radius 2 is 0.714 bits per heavy atom. The van der Waals surface area contributed by atoms with Crippen molar-refractivity contribution in [2.24, 2.45) is 0 Å². The van der Waals surface area contributed by atoms with E-state index in [1.54, 1.807) is 0 Å². The first-order valence-electron chi connectivity index (χ1n) is 16.9. The van der Waals surface area contributed by atoms with Gasteiger partial charge >= 0.3 is 0 Å². The van der Waals surface area contributed by atoms with E-state index in [2.05, 4.69) is 164 Å². The predicted molar refractivity (Wildman–Crippen MR) is 213 cm³/mol. The van der Waals surface area contributed by atoms with Crippen LogP contribution in [0.25, 0.3) is 65.3 Å². The van der Waals surface area contributed by atoms with Gasteiger partial charge in [-0.2, -0.15) is 0 Å². The van der Waals surface area contributed by atoms with Gasteiger partial charge in [0.15, 0.2) is 0 Å². The van der Waals surface area contributed by atoms with Gasteiger partial charge in [-0.25, -0.2) is 0 Å². The number of fused-ring (bicyclic) bond motifs is 10. The molecule has 9 aromatic carbocycles. The molecular weight excluding hydrogens is 627 g/mol. The molecule has 2 aliphatic rings. The van der Waals surface area contributed by atoms with Gasteiger partial charge in [0.05, 0.1) is 0 Å². The van der Waals surface area contributed by atoms with Crippen LogP contribution in [0.5, 0.6) is 0 Å². The molecule has 0 radical (unpaired) electrons. The van der Waals surface area contributed by atoms with Crippen molar-refractivity contribution in [2.75, 3.05) is 0 Å². The van der Waals surface area contributed by atoms with E-state index in [1.165, 1.54) is 101 Å². The molecule has 0 nitrogen and oxygen atoms in total. The molecule has 0 aliphatic carbocycles. The predicted octanol–water partition coefficient (Wildman–Crippen LogP) is 11.1. The molecule has 0 spiro atoms. The SMILES string of the molecule is c1ccc2c(c1)Sc1c(-c3cc4ccccc4c4ccccc34)cc(-c3cc4ccccc4c4ccccc34)c3c1B2c1ccccc1S3. The highest BCUT2D eigenvalue weighted by molar-refractivity contribution is 8.01. The van der Waals surface area contributed by atoms with Crippen LogP contribution in [0.15, 0.2) is 183 Å². The summed E-state index contributed by atoms with van der Waals surface area (Å²) in [5.74, 6) is 0. The Morgan fingerprint density at radius 3 is 1.20 bits per heavy atom. The normalized spacial score (nSPS) is 13.1. The van der Waals surface area contributed by atoms with Crippen LogP contribution < -0.4 is 16.4 Å². The highest BCUT2D eigenvalue weighted by Gasteiger charge is 2.40. The van der Waals surface area contributed by atoms with Gasteiger partial charge in [-0.3, -0.25) is 0 Å². The van der Waals surface area contributed by atoms with Crippen LogP contribution in [-0.2, 0) is 0 Å². The second-order valence-electron chi connectivity index (χ2n) is 13.1. The molecule has 49 heavy (non-hydrogen) atoms. The lowest BCUT2D eigenvalue weighted by atomic mass is 9.36. The average molecular weight is 655 g/mol. The van der Waals surface area contributed by atoms with Gasteiger partial charge < -0.3 is 0 Å². The van der Waals surface area contributed by atoms with Crippen LogP contribution in [-0.4, -0.2) is 6.71 Å². The first-order chi connectivity index (χ1) is 24.3. The van der Waals surface area contributed by atoms with Crippen molar-refractivity contribution in [3.8, 4) is 22.3 Å². The summed E-state index contributed by atoms with van der Waals surface area (Å²) in [4.78, 5) is 5.47. The van der Waals surface area contributed by atoms with Crippen molar-refractivity contribution in [3.63, 3.8) is 0 Å². The van der Waals surface area contributed by atoms with E-state index in [0.717, 1.165) is 0 Å². The Labute approximate surface area is 293 Å². The van der Waals surface area contributed by atoms with Crippen LogP contribution in [0.2, 0.25) is 0 Å². The topological polar surface area (TPSA) is 0 Å². The molecule has 226 valence electrons. The Bertz CT molecular complexity index is 2660. The molecule has 0 N–H and O–H groups in total. The molecule has 0 saturated carbocycles. The van der Waals surface area contributed by atoms with Crippen LogP contribution in [0.3, 0.4) is 0 Å². The third-order valence-electron chi connectivity index (χ3n) is 10.6. The van der Waals surface area contributed by atoms with Crippen molar-refractivity contribution in [1.82, 2.24) is 0 Å². The molecule has 0 saturated heterocycles. The first-order valence-corrected chi connectivity index (χ1v) is 18.5. The third-order valence-corrected chi connectivity index (χ3v) is 13.0. The average Bonchev–Trinajstić information content (AvgIpc) is 3.17. The van der Waals surface area contributed by atoms with E-state index >= 15 is 0 Å². The van der Waals surface area contributed by atoms with Crippen molar-refractivity contribution in [2.45, 2.75) is 19.6 Å². The van der Waals surface area contributed by atoms with E-state index in [9.17, 15) is 0 Å². The van der Waals surface area contributed by atoms with E-state index in [4.69, 9.17) is 0 Å². The second-order valence-corrected chi connectivity index (χ2v) is 15.2. The fourth-order valence-electron chi connectivity index (χ4n) is 8.43. The minimum atomic E-state index is 0.164. The Balaban J connectivity index is 1.33. The minimum absolute atomic E-state index is 0.164. The van der Waals surface area contributed by atoms with Crippen molar-refractivity contribution < 1.29 is 0 Å². The second kappa shape index (κ2) is 10.6. The summed E-state index contributed by atoms with van der Waals surface area (Å²) in [5.41, 5.74) is 9.50. The zero-order chi connectivity index (χ0) is 32.1. The van der Waals surface area contributed by atoms with Crippen LogP contribution in [0.4, 0.5) is 0 Å². The summed E-state index contributed by atoms with van der Waals surface area (Å²) in [5, 5.41) is 10.3. The van der Waals surface area contributed by atoms with Gasteiger partial charge in [0.25, 0.3) is 0 Å². The monoisotopic (exact) mass is 654 g/mol. The molecule has 9 aromatic rings. The largest absolute Gasteiger partial charge is 0.247 e. The van der Waals surface area contributed by atoms with Crippen molar-refractivity contribution in [1.29, 1.82) is 0 Å². The summed E-state index contributed by atoms with van der Waals surface area (Å²) in [6.45, 7) is 0.164. The Kier molecular flexibility index (Phi) is 6.02. The molecule has 3 heteroatoms. The lowest BCUT2D eigenvalue weighted by Crippen LogP contribution is -2.58. The minimum Gasteiger partial charge on any atom is -0.0905 e. The summed E-state index contributed by atoms with van der Waals surface area (Å²) in [7, 11) is 0. The summed E-state index contributed by atoms with van der Waals surface area (Å²) >= 11 is 3.91. The smallest absolute Gasteiger partial charge is 0.0905 e. The van der Waals surface area contributed by atoms with Crippen LogP contribution >= 0.6 is 23.5 Å². The van der Waals surface area contributed by atoms with E-state index in [0.29, 0.717) is 0 Å². The van der Waals surface area contributed by atoms with Crippen molar-refractivity contribution >= 4 is 89.7 Å². The van der Waals surface area contributed by atoms with Gasteiger partial charge in [-0.05, 0) is 101 Å². The first kappa shape index (κ1) is 27.7. The number of rotatable bonds is 2. The molecule has 0 aromatic heterocycles. The standard InChI is InChI=1S/C46H27BS2/c1-3-15-30-28(13-1)25-36(34-19-7-5-17-32(30)34)38-27-39(37-26-29-14-2-4-16-31(29)33-18-6-8-20-35(33)37)46-44-45(38)48-42-23-11-9-21-40(42)47(44)41-22-10-12-24-43(41)49-46/h1-27H. The highest BCUT2D eigenvalue weighted by atomic mass is 32.2. The molecule has 0 bridgehead atoms. The molecule has 2 heterocycles. The maximum atomic E-state index is 2.54. The molecule has 2 aliphatic heterocycles. The summed E-state index contributed by atoms with van der Waals surface area (Å²) < 4.78 is 0. The lowest BCUT2D eigenvalue weighted by molar-refractivity contribution is 1.33. The fraction of sp³-hybridized carbons (Fsp3) is 0. The zero-order valence-electron chi connectivity index (χ0n) is 26.5. The van der Waals surface area contributed by atoms with Gasteiger partial charge in [0.2, 0.25) is 6.71 Å². The molecule has 0 unspecified atom stereocenters. The van der Waals surface area contributed by atoms with E-state index < -0.39 is 0 Å². The van der Waals surface area contributed by atoms with Gasteiger partial charge in [0, 0.05) is 19.6 Å². The van der Waals surface area contributed by atoms with E-state index in [-0.39, 0.29) is 6.71 Å². The number of hydrogen-bond acceptors (Lipinski definition) is 2. The van der Waals surface area contributed by atoms with Crippen molar-refractivity contribution in [3.05, 3.63) is 164 Å². The molecule has 0 atom stereocenters. The Hall–Kier alpha value is -5.22. The number of hydrogen-bond donors (Lipinski definition) is 0. The molecule has 0 amide bonds. The molecular formula is C46H27BS2. The van der Waals surface area contributed by atoms with Gasteiger partial charge in [-0.15, -0.1) is 0 Å². The maximum Gasteiger partial charge on any atom is 0.247 e. The van der Waals surface area contributed by atoms with Crippen LogP contribution in [0.1, 0.15) is 0 Å². The lowest BCUT2D eigenvalue weighted by Gasteiger charge is -2.35. The fourth-order valence-corrected chi connectivity index (χ4v) is 11.1. The van der Waals surface area contributed by atoms with Gasteiger partial charge in [-0.1, -0.05) is 168 Å². The summed E-state index contributed by atoms with van der Waals surface area (Å²) in [6, 6.07) is 61.3. The molecule has 0 fully saturated rings. The maximum absolute atomic E-state index is 2.54. The van der Waals surface area contributed by atoms with Crippen LogP contribution in [0, 0.1) is 0 Å². The highest BCUT2D eigenvalue weighted by Crippen LogP contribution is 2.50. The Morgan fingerprint density at radius 1 is 0.327 bits per heavy atom. The summed E-state index contributed by atoms with van der Waals surface area (Å²) in [6.07, 6.45) is 0. The zero-order valence-corrected chi connectivity index (χ0v) is 28.1. The number of benzene rings is 9. The van der Waals surface area contributed by atoms with Gasteiger partial charge in [0.1, 0.15) is 0 Å². The van der Waals surface area contributed by atoms with E-state index in [1.807, 2.05) is 23.5 Å².